The van der Waals surface area contributed by atoms with Crippen LogP contribution in [-0.4, -0.2) is 10.4 Å². The molecule has 1 spiro atoms. The zero-order valence-electron chi connectivity index (χ0n) is 5.68. The fourth-order valence-electron chi connectivity index (χ4n) is 1.82. The minimum absolute atomic E-state index is 0.370. The van der Waals surface area contributed by atoms with Crippen molar-refractivity contribution in [3.8, 4) is 0 Å². The Bertz CT molecular complexity index is 178. The van der Waals surface area contributed by atoms with Gasteiger partial charge in [-0.15, -0.1) is 0 Å². The Morgan fingerprint density at radius 3 is 2.50 bits per heavy atom. The first-order chi connectivity index (χ1) is 4.76. The summed E-state index contributed by atoms with van der Waals surface area (Å²) in [5.41, 5.74) is 0.648. The SMILES string of the molecule is ON=C(Cl)C1CC2(CC2)C1. The third-order valence-corrected chi connectivity index (χ3v) is 3.13. The molecule has 2 aliphatic carbocycles. The van der Waals surface area contributed by atoms with Crippen LogP contribution in [0.3, 0.4) is 0 Å². The number of halogens is 1. The van der Waals surface area contributed by atoms with Gasteiger partial charge in [-0.05, 0) is 31.1 Å². The summed E-state index contributed by atoms with van der Waals surface area (Å²) in [6.45, 7) is 0. The smallest absolute Gasteiger partial charge is 0.148 e. The van der Waals surface area contributed by atoms with Crippen LogP contribution >= 0.6 is 11.6 Å². The van der Waals surface area contributed by atoms with Gasteiger partial charge in [0.05, 0.1) is 0 Å². The van der Waals surface area contributed by atoms with Gasteiger partial charge in [-0.25, -0.2) is 0 Å². The molecule has 0 aromatic heterocycles. The summed E-state index contributed by atoms with van der Waals surface area (Å²) >= 11 is 5.62. The van der Waals surface area contributed by atoms with Crippen molar-refractivity contribution in [2.45, 2.75) is 25.7 Å². The van der Waals surface area contributed by atoms with Crippen molar-refractivity contribution in [3.05, 3.63) is 0 Å². The molecule has 56 valence electrons. The van der Waals surface area contributed by atoms with Crippen LogP contribution in [0.4, 0.5) is 0 Å². The second-order valence-corrected chi connectivity index (χ2v) is 3.92. The minimum Gasteiger partial charge on any atom is -0.410 e. The van der Waals surface area contributed by atoms with Gasteiger partial charge in [0.1, 0.15) is 5.17 Å². The molecule has 0 amide bonds. The van der Waals surface area contributed by atoms with E-state index in [0.717, 1.165) is 12.8 Å². The highest BCUT2D eigenvalue weighted by Crippen LogP contribution is 2.63. The molecule has 0 atom stereocenters. The zero-order valence-corrected chi connectivity index (χ0v) is 6.43. The van der Waals surface area contributed by atoms with Crippen molar-refractivity contribution in [1.29, 1.82) is 0 Å². The average molecular weight is 160 g/mol. The van der Waals surface area contributed by atoms with E-state index in [2.05, 4.69) is 5.16 Å². The van der Waals surface area contributed by atoms with E-state index in [4.69, 9.17) is 16.8 Å². The number of nitrogens with zero attached hydrogens (tertiary/aromatic N) is 1. The van der Waals surface area contributed by atoms with Gasteiger partial charge in [-0.1, -0.05) is 16.8 Å². The molecule has 0 unspecified atom stereocenters. The Kier molecular flexibility index (Phi) is 1.21. The van der Waals surface area contributed by atoms with Crippen molar-refractivity contribution in [2.24, 2.45) is 16.5 Å². The normalized spacial score (nSPS) is 30.3. The van der Waals surface area contributed by atoms with Crippen LogP contribution < -0.4 is 0 Å². The lowest BCUT2D eigenvalue weighted by Gasteiger charge is -2.33. The van der Waals surface area contributed by atoms with Gasteiger partial charge < -0.3 is 5.21 Å². The first kappa shape index (κ1) is 6.47. The number of hydrogen-bond donors (Lipinski definition) is 1. The van der Waals surface area contributed by atoms with E-state index in [0.29, 0.717) is 16.5 Å². The fourth-order valence-corrected chi connectivity index (χ4v) is 1.98. The molecule has 2 fully saturated rings. The van der Waals surface area contributed by atoms with Gasteiger partial charge in [-0.2, -0.15) is 0 Å². The third-order valence-electron chi connectivity index (χ3n) is 2.75. The number of hydrogen-bond acceptors (Lipinski definition) is 2. The van der Waals surface area contributed by atoms with Gasteiger partial charge in [-0.3, -0.25) is 0 Å². The molecular formula is C7H10ClNO. The van der Waals surface area contributed by atoms with Crippen LogP contribution in [0.1, 0.15) is 25.7 Å². The number of rotatable bonds is 1. The first-order valence-corrected chi connectivity index (χ1v) is 4.01. The van der Waals surface area contributed by atoms with E-state index in [9.17, 15) is 0 Å². The maximum atomic E-state index is 8.32. The lowest BCUT2D eigenvalue weighted by molar-refractivity contribution is 0.224. The molecule has 3 heteroatoms. The molecule has 1 N–H and O–H groups in total. The van der Waals surface area contributed by atoms with E-state index >= 15 is 0 Å². The Labute approximate surface area is 64.9 Å². The second kappa shape index (κ2) is 1.88. The molecular weight excluding hydrogens is 150 g/mol. The molecule has 0 heterocycles. The summed E-state index contributed by atoms with van der Waals surface area (Å²) in [6, 6.07) is 0. The maximum absolute atomic E-state index is 8.32. The largest absolute Gasteiger partial charge is 0.410 e. The Morgan fingerprint density at radius 2 is 2.10 bits per heavy atom. The molecule has 0 bridgehead atoms. The second-order valence-electron chi connectivity index (χ2n) is 3.53. The summed E-state index contributed by atoms with van der Waals surface area (Å²) < 4.78 is 0. The lowest BCUT2D eigenvalue weighted by Crippen LogP contribution is -2.29. The molecule has 2 nitrogen and oxygen atoms in total. The van der Waals surface area contributed by atoms with E-state index in [1.165, 1.54) is 12.8 Å². The van der Waals surface area contributed by atoms with Gasteiger partial charge in [0.25, 0.3) is 0 Å². The molecule has 2 saturated carbocycles. The molecule has 0 radical (unpaired) electrons. The van der Waals surface area contributed by atoms with Gasteiger partial charge in [0.2, 0.25) is 0 Å². The van der Waals surface area contributed by atoms with Gasteiger partial charge in [0, 0.05) is 5.92 Å². The molecule has 0 aromatic rings. The van der Waals surface area contributed by atoms with E-state index in [1.54, 1.807) is 0 Å². The zero-order chi connectivity index (χ0) is 7.19. The van der Waals surface area contributed by atoms with Gasteiger partial charge >= 0.3 is 0 Å². The molecule has 0 aromatic carbocycles. The highest BCUT2D eigenvalue weighted by molar-refractivity contribution is 6.65. The van der Waals surface area contributed by atoms with E-state index in [1.807, 2.05) is 0 Å². The van der Waals surface area contributed by atoms with E-state index < -0.39 is 0 Å². The molecule has 10 heavy (non-hydrogen) atoms. The first-order valence-electron chi connectivity index (χ1n) is 3.63. The molecule has 0 aliphatic heterocycles. The maximum Gasteiger partial charge on any atom is 0.148 e. The van der Waals surface area contributed by atoms with Crippen molar-refractivity contribution in [1.82, 2.24) is 0 Å². The van der Waals surface area contributed by atoms with Crippen LogP contribution in [0.25, 0.3) is 0 Å². The summed E-state index contributed by atoms with van der Waals surface area (Å²) in [6.07, 6.45) is 5.02. The standard InChI is InChI=1S/C7H10ClNO/c8-6(9-10)5-3-7(4-5)1-2-7/h5,10H,1-4H2. The summed E-state index contributed by atoms with van der Waals surface area (Å²) in [5.74, 6) is 0.370. The lowest BCUT2D eigenvalue weighted by atomic mass is 9.72. The van der Waals surface area contributed by atoms with Crippen molar-refractivity contribution in [2.75, 3.05) is 0 Å². The highest BCUT2D eigenvalue weighted by Gasteiger charge is 2.54. The summed E-state index contributed by atoms with van der Waals surface area (Å²) in [4.78, 5) is 0. The third kappa shape index (κ3) is 0.823. The summed E-state index contributed by atoms with van der Waals surface area (Å²) in [7, 11) is 0. The predicted octanol–water partition coefficient (Wildman–Crippen LogP) is 2.20. The minimum atomic E-state index is 0.370. The van der Waals surface area contributed by atoms with Crippen LogP contribution in [0.5, 0.6) is 0 Å². The fraction of sp³-hybridized carbons (Fsp3) is 0.857. The Hall–Kier alpha value is -0.240. The quantitative estimate of drug-likeness (QED) is 0.355. The van der Waals surface area contributed by atoms with Crippen LogP contribution in [0.15, 0.2) is 5.16 Å². The van der Waals surface area contributed by atoms with Crippen molar-refractivity contribution >= 4 is 16.8 Å². The van der Waals surface area contributed by atoms with Crippen LogP contribution in [0, 0.1) is 11.3 Å². The van der Waals surface area contributed by atoms with Crippen molar-refractivity contribution < 1.29 is 5.21 Å². The Balaban J connectivity index is 1.90. The summed E-state index contributed by atoms with van der Waals surface area (Å²) in [5, 5.41) is 11.7. The van der Waals surface area contributed by atoms with E-state index in [-0.39, 0.29) is 0 Å². The van der Waals surface area contributed by atoms with Crippen LogP contribution in [0.2, 0.25) is 0 Å². The highest BCUT2D eigenvalue weighted by atomic mass is 35.5. The van der Waals surface area contributed by atoms with Crippen LogP contribution in [-0.2, 0) is 0 Å². The van der Waals surface area contributed by atoms with Crippen molar-refractivity contribution in [3.63, 3.8) is 0 Å². The topological polar surface area (TPSA) is 32.6 Å². The average Bonchev–Trinajstić information content (AvgIpc) is 2.61. The molecule has 2 rings (SSSR count). The number of oxime groups is 1. The molecule has 2 aliphatic rings. The van der Waals surface area contributed by atoms with Gasteiger partial charge in [0.15, 0.2) is 0 Å². The Morgan fingerprint density at radius 1 is 1.50 bits per heavy atom. The monoisotopic (exact) mass is 159 g/mol. The molecule has 0 saturated heterocycles. The predicted molar refractivity (Wildman–Crippen MR) is 39.5 cm³/mol.